The Hall–Kier alpha value is -3.12. The van der Waals surface area contributed by atoms with Crippen LogP contribution in [0.1, 0.15) is 20.3 Å². The molecule has 2 aromatic heterocycles. The maximum atomic E-state index is 6.01. The Morgan fingerprint density at radius 1 is 1.00 bits per heavy atom. The van der Waals surface area contributed by atoms with E-state index in [2.05, 4.69) is 29.6 Å². The highest BCUT2D eigenvalue weighted by Gasteiger charge is 2.14. The van der Waals surface area contributed by atoms with Gasteiger partial charge in [0.2, 0.25) is 5.95 Å². The molecule has 0 spiro atoms. The zero-order valence-electron chi connectivity index (χ0n) is 16.4. The van der Waals surface area contributed by atoms with Crippen LogP contribution in [0.3, 0.4) is 0 Å². The molecule has 0 bridgehead atoms. The molecule has 0 amide bonds. The molecule has 0 unspecified atom stereocenters. The second-order valence-electron chi connectivity index (χ2n) is 7.27. The molecule has 148 valence electrons. The molecule has 2 heterocycles. The molecule has 0 fully saturated rings. The fourth-order valence-electron chi connectivity index (χ4n) is 2.98. The Morgan fingerprint density at radius 3 is 2.48 bits per heavy atom. The first-order valence-electron chi connectivity index (χ1n) is 9.68. The zero-order chi connectivity index (χ0) is 20.2. The summed E-state index contributed by atoms with van der Waals surface area (Å²) in [6.07, 6.45) is 2.83. The minimum absolute atomic E-state index is 0.576. The van der Waals surface area contributed by atoms with Crippen LogP contribution in [0.15, 0.2) is 60.8 Å². The van der Waals surface area contributed by atoms with Gasteiger partial charge in [0.1, 0.15) is 5.82 Å². The van der Waals surface area contributed by atoms with Crippen LogP contribution in [0.4, 0.5) is 17.5 Å². The quantitative estimate of drug-likeness (QED) is 0.413. The third kappa shape index (κ3) is 4.49. The molecule has 7 heteroatoms. The van der Waals surface area contributed by atoms with E-state index in [0.29, 0.717) is 22.7 Å². The third-order valence-corrected chi connectivity index (χ3v) is 4.79. The molecule has 0 aliphatic carbocycles. The monoisotopic (exact) mass is 406 g/mol. The van der Waals surface area contributed by atoms with Gasteiger partial charge in [0.05, 0.1) is 17.3 Å². The van der Waals surface area contributed by atoms with Gasteiger partial charge in [0.15, 0.2) is 5.65 Å². The molecular weight excluding hydrogens is 384 g/mol. The summed E-state index contributed by atoms with van der Waals surface area (Å²) in [6.45, 7) is 5.20. The molecule has 4 rings (SSSR count). The highest BCUT2D eigenvalue weighted by Crippen LogP contribution is 2.27. The van der Waals surface area contributed by atoms with E-state index in [0.717, 1.165) is 35.4 Å². The molecule has 0 atom stereocenters. The van der Waals surface area contributed by atoms with Crippen LogP contribution in [0.2, 0.25) is 5.02 Å². The van der Waals surface area contributed by atoms with Crippen molar-refractivity contribution in [3.05, 3.63) is 65.8 Å². The van der Waals surface area contributed by atoms with E-state index in [1.807, 2.05) is 59.3 Å². The molecule has 0 aliphatic rings. The maximum absolute atomic E-state index is 6.01. The lowest BCUT2D eigenvalue weighted by molar-refractivity contribution is 0.606. The second kappa shape index (κ2) is 8.49. The number of nitrogens with one attached hydrogen (secondary N) is 2. The number of halogens is 1. The molecule has 0 saturated carbocycles. The number of hydrogen-bond donors (Lipinski definition) is 2. The number of hydrogen-bond acceptors (Lipinski definition) is 5. The van der Waals surface area contributed by atoms with Gasteiger partial charge >= 0.3 is 0 Å². The van der Waals surface area contributed by atoms with Gasteiger partial charge in [-0.25, -0.2) is 4.68 Å². The lowest BCUT2D eigenvalue weighted by Gasteiger charge is -2.12. The van der Waals surface area contributed by atoms with Crippen LogP contribution in [-0.4, -0.2) is 26.3 Å². The largest absolute Gasteiger partial charge is 0.354 e. The Bertz CT molecular complexity index is 1090. The Morgan fingerprint density at radius 2 is 1.76 bits per heavy atom. The van der Waals surface area contributed by atoms with E-state index < -0.39 is 0 Å². The van der Waals surface area contributed by atoms with Crippen molar-refractivity contribution in [2.24, 2.45) is 5.92 Å². The van der Waals surface area contributed by atoms with Gasteiger partial charge in [-0.15, -0.1) is 0 Å². The predicted molar refractivity (Wildman–Crippen MR) is 119 cm³/mol. The van der Waals surface area contributed by atoms with Crippen LogP contribution < -0.4 is 10.6 Å². The summed E-state index contributed by atoms with van der Waals surface area (Å²) < 4.78 is 1.83. The average molecular weight is 407 g/mol. The molecule has 2 aromatic carbocycles. The lowest BCUT2D eigenvalue weighted by atomic mass is 10.1. The van der Waals surface area contributed by atoms with E-state index in [-0.39, 0.29) is 0 Å². The fraction of sp³-hybridized carbons (Fsp3) is 0.227. The molecule has 0 radical (unpaired) electrons. The van der Waals surface area contributed by atoms with Crippen LogP contribution in [-0.2, 0) is 0 Å². The first-order valence-corrected chi connectivity index (χ1v) is 10.1. The van der Waals surface area contributed by atoms with Gasteiger partial charge in [0, 0.05) is 17.3 Å². The normalized spacial score (nSPS) is 11.2. The van der Waals surface area contributed by atoms with Crippen molar-refractivity contribution in [1.82, 2.24) is 19.7 Å². The Labute approximate surface area is 175 Å². The van der Waals surface area contributed by atoms with Gasteiger partial charge in [-0.1, -0.05) is 43.6 Å². The number of rotatable bonds is 7. The highest BCUT2D eigenvalue weighted by atomic mass is 35.5. The van der Waals surface area contributed by atoms with E-state index in [4.69, 9.17) is 21.6 Å². The van der Waals surface area contributed by atoms with Crippen LogP contribution >= 0.6 is 11.6 Å². The molecule has 0 saturated heterocycles. The van der Waals surface area contributed by atoms with Crippen LogP contribution in [0, 0.1) is 5.92 Å². The Kier molecular flexibility index (Phi) is 5.62. The standard InChI is InChI=1S/C22H23ClN6/c1-15(2)12-13-24-22-27-20(26-17-10-8-16(23)9-11-17)19-14-25-29(21(19)28-22)18-6-4-3-5-7-18/h3-11,14-15H,12-13H2,1-2H3,(H2,24,26,27,28). The van der Waals surface area contributed by atoms with Gasteiger partial charge in [-0.2, -0.15) is 15.1 Å². The third-order valence-electron chi connectivity index (χ3n) is 4.54. The molecule has 2 N–H and O–H groups in total. The summed E-state index contributed by atoms with van der Waals surface area (Å²) in [4.78, 5) is 9.44. The minimum Gasteiger partial charge on any atom is -0.354 e. The van der Waals surface area contributed by atoms with E-state index in [1.165, 1.54) is 0 Å². The van der Waals surface area contributed by atoms with Crippen molar-refractivity contribution in [2.75, 3.05) is 17.2 Å². The second-order valence-corrected chi connectivity index (χ2v) is 7.70. The van der Waals surface area contributed by atoms with E-state index >= 15 is 0 Å². The molecular formula is C22H23ClN6. The SMILES string of the molecule is CC(C)CCNc1nc(Nc2ccc(Cl)cc2)c2cnn(-c3ccccc3)c2n1. The van der Waals surface area contributed by atoms with Gasteiger partial charge in [-0.3, -0.25) is 0 Å². The van der Waals surface area contributed by atoms with Crippen molar-refractivity contribution in [1.29, 1.82) is 0 Å². The Balaban J connectivity index is 1.75. The fourth-order valence-corrected chi connectivity index (χ4v) is 3.11. The number of para-hydroxylation sites is 1. The smallest absolute Gasteiger partial charge is 0.226 e. The molecule has 6 nitrogen and oxygen atoms in total. The number of anilines is 3. The maximum Gasteiger partial charge on any atom is 0.226 e. The van der Waals surface area contributed by atoms with Gasteiger partial charge in [-0.05, 0) is 48.7 Å². The summed E-state index contributed by atoms with van der Waals surface area (Å²) in [5.74, 6) is 1.88. The average Bonchev–Trinajstić information content (AvgIpc) is 3.14. The van der Waals surface area contributed by atoms with Crippen molar-refractivity contribution in [3.63, 3.8) is 0 Å². The predicted octanol–water partition coefficient (Wildman–Crippen LogP) is 5.67. The topological polar surface area (TPSA) is 67.7 Å². The van der Waals surface area contributed by atoms with E-state index in [1.54, 1.807) is 6.20 Å². The van der Waals surface area contributed by atoms with Crippen molar-refractivity contribution >= 4 is 40.1 Å². The first kappa shape index (κ1) is 19.2. The summed E-state index contributed by atoms with van der Waals surface area (Å²) in [5.41, 5.74) is 2.59. The van der Waals surface area contributed by atoms with Crippen LogP contribution in [0.5, 0.6) is 0 Å². The first-order chi connectivity index (χ1) is 14.1. The highest BCUT2D eigenvalue weighted by molar-refractivity contribution is 6.30. The summed E-state index contributed by atoms with van der Waals surface area (Å²) >= 11 is 6.01. The summed E-state index contributed by atoms with van der Waals surface area (Å²) in [5, 5.41) is 12.8. The molecule has 4 aromatic rings. The number of fused-ring (bicyclic) bond motifs is 1. The molecule has 0 aliphatic heterocycles. The number of aromatic nitrogens is 4. The number of nitrogens with zero attached hydrogens (tertiary/aromatic N) is 4. The minimum atomic E-state index is 0.576. The number of benzene rings is 2. The lowest BCUT2D eigenvalue weighted by Crippen LogP contribution is -2.10. The van der Waals surface area contributed by atoms with Crippen molar-refractivity contribution < 1.29 is 0 Å². The van der Waals surface area contributed by atoms with Gasteiger partial charge in [0.25, 0.3) is 0 Å². The summed E-state index contributed by atoms with van der Waals surface area (Å²) in [6, 6.07) is 17.5. The van der Waals surface area contributed by atoms with Crippen LogP contribution in [0.25, 0.3) is 16.7 Å². The van der Waals surface area contributed by atoms with Crippen molar-refractivity contribution in [3.8, 4) is 5.69 Å². The van der Waals surface area contributed by atoms with Crippen molar-refractivity contribution in [2.45, 2.75) is 20.3 Å². The molecule has 29 heavy (non-hydrogen) atoms. The summed E-state index contributed by atoms with van der Waals surface area (Å²) in [7, 11) is 0. The van der Waals surface area contributed by atoms with E-state index in [9.17, 15) is 0 Å². The van der Waals surface area contributed by atoms with Gasteiger partial charge < -0.3 is 10.6 Å². The zero-order valence-corrected chi connectivity index (χ0v) is 17.2.